The standard InChI is InChI=1S/C11H17ClN2O2S/c1-4-14(8(2)3)17(15,16)11-9(12)6-5-7-10(11)13/h5-8H,4,13H2,1-3H3. The quantitative estimate of drug-likeness (QED) is 0.859. The van der Waals surface area contributed by atoms with Crippen LogP contribution < -0.4 is 5.73 Å². The van der Waals surface area contributed by atoms with E-state index >= 15 is 0 Å². The van der Waals surface area contributed by atoms with Gasteiger partial charge < -0.3 is 5.73 Å². The largest absolute Gasteiger partial charge is 0.398 e. The first-order chi connectivity index (χ1) is 7.82. The Morgan fingerprint density at radius 2 is 2.00 bits per heavy atom. The predicted octanol–water partition coefficient (Wildman–Crippen LogP) is 2.34. The second-order valence-electron chi connectivity index (χ2n) is 3.96. The van der Waals surface area contributed by atoms with E-state index in [1.807, 2.05) is 13.8 Å². The van der Waals surface area contributed by atoms with E-state index < -0.39 is 10.0 Å². The van der Waals surface area contributed by atoms with Crippen LogP contribution in [0.15, 0.2) is 23.1 Å². The molecule has 0 aromatic heterocycles. The lowest BCUT2D eigenvalue weighted by Gasteiger charge is -2.25. The summed E-state index contributed by atoms with van der Waals surface area (Å²) in [5, 5.41) is 0.157. The number of nitrogen functional groups attached to an aromatic ring is 1. The van der Waals surface area contributed by atoms with Gasteiger partial charge in [0.1, 0.15) is 4.90 Å². The number of rotatable bonds is 4. The fraction of sp³-hybridized carbons (Fsp3) is 0.455. The fourth-order valence-electron chi connectivity index (χ4n) is 1.73. The third kappa shape index (κ3) is 2.73. The molecule has 6 heteroatoms. The Bertz CT molecular complexity index is 480. The zero-order valence-electron chi connectivity index (χ0n) is 10.1. The van der Waals surface area contributed by atoms with Gasteiger partial charge in [0.25, 0.3) is 0 Å². The van der Waals surface area contributed by atoms with Gasteiger partial charge in [0.05, 0.1) is 10.7 Å². The summed E-state index contributed by atoms with van der Waals surface area (Å²) in [5.74, 6) is 0. The van der Waals surface area contributed by atoms with E-state index in [2.05, 4.69) is 0 Å². The molecule has 4 nitrogen and oxygen atoms in total. The molecular formula is C11H17ClN2O2S. The Balaban J connectivity index is 3.41. The van der Waals surface area contributed by atoms with E-state index in [0.717, 1.165) is 0 Å². The molecule has 0 aliphatic carbocycles. The molecule has 0 heterocycles. The van der Waals surface area contributed by atoms with Gasteiger partial charge in [0.15, 0.2) is 0 Å². The molecule has 0 bridgehead atoms. The average Bonchev–Trinajstić information content (AvgIpc) is 2.16. The molecule has 0 saturated heterocycles. The molecule has 0 saturated carbocycles. The van der Waals surface area contributed by atoms with Crippen molar-refractivity contribution in [2.24, 2.45) is 0 Å². The Labute approximate surface area is 107 Å². The molecule has 0 aliphatic heterocycles. The van der Waals surface area contributed by atoms with E-state index in [-0.39, 0.29) is 21.6 Å². The molecule has 1 aromatic carbocycles. The highest BCUT2D eigenvalue weighted by atomic mass is 35.5. The fourth-order valence-corrected chi connectivity index (χ4v) is 4.01. The van der Waals surface area contributed by atoms with E-state index in [0.29, 0.717) is 6.54 Å². The van der Waals surface area contributed by atoms with Crippen LogP contribution in [-0.2, 0) is 10.0 Å². The van der Waals surface area contributed by atoms with Gasteiger partial charge in [-0.25, -0.2) is 8.42 Å². The van der Waals surface area contributed by atoms with Gasteiger partial charge in [-0.15, -0.1) is 0 Å². The van der Waals surface area contributed by atoms with Crippen LogP contribution in [0.2, 0.25) is 5.02 Å². The first-order valence-corrected chi connectivity index (χ1v) is 7.20. The highest BCUT2D eigenvalue weighted by Gasteiger charge is 2.29. The Morgan fingerprint density at radius 3 is 2.41 bits per heavy atom. The number of hydrogen-bond donors (Lipinski definition) is 1. The monoisotopic (exact) mass is 276 g/mol. The Hall–Kier alpha value is -0.780. The molecule has 2 N–H and O–H groups in total. The van der Waals surface area contributed by atoms with Gasteiger partial charge in [-0.2, -0.15) is 4.31 Å². The van der Waals surface area contributed by atoms with Crippen molar-refractivity contribution < 1.29 is 8.42 Å². The van der Waals surface area contributed by atoms with Crippen molar-refractivity contribution in [1.82, 2.24) is 4.31 Å². The summed E-state index contributed by atoms with van der Waals surface area (Å²) in [6.07, 6.45) is 0. The van der Waals surface area contributed by atoms with Crippen molar-refractivity contribution in [2.45, 2.75) is 31.7 Å². The second-order valence-corrected chi connectivity index (χ2v) is 6.19. The van der Waals surface area contributed by atoms with Gasteiger partial charge in [-0.05, 0) is 26.0 Å². The molecule has 0 atom stereocenters. The Morgan fingerprint density at radius 1 is 1.41 bits per heavy atom. The third-order valence-corrected chi connectivity index (χ3v) is 5.15. The van der Waals surface area contributed by atoms with E-state index in [1.165, 1.54) is 16.4 Å². The summed E-state index contributed by atoms with van der Waals surface area (Å²) in [6.45, 7) is 5.79. The maximum Gasteiger partial charge on any atom is 0.246 e. The van der Waals surface area contributed by atoms with Crippen molar-refractivity contribution in [3.63, 3.8) is 0 Å². The lowest BCUT2D eigenvalue weighted by atomic mass is 10.3. The van der Waals surface area contributed by atoms with Gasteiger partial charge in [0, 0.05) is 12.6 Å². The van der Waals surface area contributed by atoms with Crippen LogP contribution in [0.3, 0.4) is 0 Å². The molecule has 1 rings (SSSR count). The second kappa shape index (κ2) is 5.25. The number of nitrogens with two attached hydrogens (primary N) is 1. The summed E-state index contributed by atoms with van der Waals surface area (Å²) < 4.78 is 26.2. The highest BCUT2D eigenvalue weighted by Crippen LogP contribution is 2.30. The predicted molar refractivity (Wildman–Crippen MR) is 70.6 cm³/mol. The topological polar surface area (TPSA) is 63.4 Å². The number of anilines is 1. The number of sulfonamides is 1. The third-order valence-electron chi connectivity index (χ3n) is 2.45. The van der Waals surface area contributed by atoms with Crippen molar-refractivity contribution in [3.8, 4) is 0 Å². The minimum Gasteiger partial charge on any atom is -0.398 e. The van der Waals surface area contributed by atoms with Crippen molar-refractivity contribution in [1.29, 1.82) is 0 Å². The number of hydrogen-bond acceptors (Lipinski definition) is 3. The number of nitrogens with zero attached hydrogens (tertiary/aromatic N) is 1. The molecule has 0 amide bonds. The zero-order chi connectivity index (χ0) is 13.2. The first kappa shape index (κ1) is 14.3. The van der Waals surface area contributed by atoms with Crippen LogP contribution >= 0.6 is 11.6 Å². The smallest absolute Gasteiger partial charge is 0.246 e. The number of halogens is 1. The van der Waals surface area contributed by atoms with Crippen LogP contribution in [0.25, 0.3) is 0 Å². The maximum absolute atomic E-state index is 12.4. The van der Waals surface area contributed by atoms with E-state index in [1.54, 1.807) is 13.0 Å². The molecule has 0 fully saturated rings. The van der Waals surface area contributed by atoms with Crippen LogP contribution in [0.1, 0.15) is 20.8 Å². The van der Waals surface area contributed by atoms with Crippen LogP contribution in [-0.4, -0.2) is 25.3 Å². The molecule has 17 heavy (non-hydrogen) atoms. The average molecular weight is 277 g/mol. The normalized spacial score (nSPS) is 12.4. The summed E-state index contributed by atoms with van der Waals surface area (Å²) in [7, 11) is -3.64. The molecule has 1 aromatic rings. The molecule has 0 radical (unpaired) electrons. The van der Waals surface area contributed by atoms with Crippen LogP contribution in [0.4, 0.5) is 5.69 Å². The lowest BCUT2D eigenvalue weighted by Crippen LogP contribution is -2.37. The molecule has 96 valence electrons. The maximum atomic E-state index is 12.4. The van der Waals surface area contributed by atoms with Gasteiger partial charge in [0.2, 0.25) is 10.0 Å². The summed E-state index contributed by atoms with van der Waals surface area (Å²) in [5.41, 5.74) is 5.89. The zero-order valence-corrected chi connectivity index (χ0v) is 11.7. The molecular weight excluding hydrogens is 260 g/mol. The van der Waals surface area contributed by atoms with Crippen LogP contribution in [0, 0.1) is 0 Å². The summed E-state index contributed by atoms with van der Waals surface area (Å²) >= 11 is 5.93. The van der Waals surface area contributed by atoms with Crippen LogP contribution in [0.5, 0.6) is 0 Å². The van der Waals surface area contributed by atoms with Crippen molar-refractivity contribution in [3.05, 3.63) is 23.2 Å². The van der Waals surface area contributed by atoms with Crippen molar-refractivity contribution >= 4 is 27.3 Å². The van der Waals surface area contributed by atoms with Gasteiger partial charge >= 0.3 is 0 Å². The minimum atomic E-state index is -3.64. The first-order valence-electron chi connectivity index (χ1n) is 5.38. The summed E-state index contributed by atoms with van der Waals surface area (Å²) in [4.78, 5) is -0.00258. The molecule has 0 aliphatic rings. The van der Waals surface area contributed by atoms with Gasteiger partial charge in [-0.1, -0.05) is 24.6 Å². The molecule has 0 unspecified atom stereocenters. The van der Waals surface area contributed by atoms with Crippen molar-refractivity contribution in [2.75, 3.05) is 12.3 Å². The minimum absolute atomic E-state index is 0.00258. The summed E-state index contributed by atoms with van der Waals surface area (Å²) in [6, 6.07) is 4.55. The highest BCUT2D eigenvalue weighted by molar-refractivity contribution is 7.89. The molecule has 0 spiro atoms. The van der Waals surface area contributed by atoms with E-state index in [9.17, 15) is 8.42 Å². The Kier molecular flexibility index (Phi) is 4.41. The SMILES string of the molecule is CCN(C(C)C)S(=O)(=O)c1c(N)cccc1Cl. The van der Waals surface area contributed by atoms with E-state index in [4.69, 9.17) is 17.3 Å². The van der Waals surface area contributed by atoms with Gasteiger partial charge in [-0.3, -0.25) is 0 Å². The number of benzene rings is 1. The lowest BCUT2D eigenvalue weighted by molar-refractivity contribution is 0.369.